The molecule has 5 heteroatoms. The topological polar surface area (TPSA) is 14.7 Å². The molecule has 394 valence electrons. The Hall–Kier alpha value is -8.54. The first-order valence-corrected chi connectivity index (χ1v) is 28.6. The van der Waals surface area contributed by atoms with Crippen molar-refractivity contribution in [3.63, 3.8) is 0 Å². The summed E-state index contributed by atoms with van der Waals surface area (Å²) in [5.41, 5.74) is 28.0. The number of fused-ring (bicyclic) bond motifs is 7. The van der Waals surface area contributed by atoms with E-state index in [1.807, 2.05) is 0 Å². The highest BCUT2D eigenvalue weighted by atomic mass is 15.2. The molecule has 0 N–H and O–H groups in total. The van der Waals surface area contributed by atoms with E-state index in [1.165, 1.54) is 111 Å². The van der Waals surface area contributed by atoms with Crippen LogP contribution in [-0.2, 0) is 16.2 Å². The zero-order chi connectivity index (χ0) is 55.6. The molecule has 0 bridgehead atoms. The van der Waals surface area contributed by atoms with Gasteiger partial charge in [0, 0.05) is 67.6 Å². The minimum Gasteiger partial charge on any atom is -0.311 e. The minimum absolute atomic E-state index is 0.000905. The van der Waals surface area contributed by atoms with Gasteiger partial charge in [0.1, 0.15) is 0 Å². The van der Waals surface area contributed by atoms with E-state index >= 15 is 0 Å². The lowest BCUT2D eigenvalue weighted by Gasteiger charge is -2.45. The summed E-state index contributed by atoms with van der Waals surface area (Å²) in [7, 11) is 0. The lowest BCUT2D eigenvalue weighted by molar-refractivity contribution is 0.590. The van der Waals surface area contributed by atoms with E-state index in [9.17, 15) is 0 Å². The van der Waals surface area contributed by atoms with E-state index in [1.54, 1.807) is 0 Å². The van der Waals surface area contributed by atoms with E-state index in [0.29, 0.717) is 0 Å². The van der Waals surface area contributed by atoms with Crippen LogP contribution >= 0.6 is 0 Å². The molecule has 0 atom stereocenters. The highest BCUT2D eigenvalue weighted by Crippen LogP contribution is 2.49. The van der Waals surface area contributed by atoms with E-state index in [2.05, 4.69) is 315 Å². The molecule has 0 amide bonds. The van der Waals surface area contributed by atoms with Crippen LogP contribution in [0.2, 0.25) is 0 Å². The summed E-state index contributed by atoms with van der Waals surface area (Å²) >= 11 is 0. The summed E-state index contributed by atoms with van der Waals surface area (Å²) in [5, 5.41) is 2.47. The lowest BCUT2D eigenvalue weighted by Crippen LogP contribution is -2.61. The standard InChI is InChI=1S/C75H71BN4/c1-48-41-69-72-70(42-48)80(60-43-49(2)71(50(3)44-60)51-21-15-13-16-22-51)67-45-54(75(10,11)12)31-39-63(67)76(72)64-40-37-59(47-68(64)79(69)57-34-29-53(30-35-57)74(7,8)9)77(56-32-27-52(28-33-56)73(4,5)6)58-36-38-62-61-25-19-20-26-65(61)78(66(62)46-58)55-23-17-14-18-24-55/h13-47H,1-12H3. The molecule has 3 heterocycles. The summed E-state index contributed by atoms with van der Waals surface area (Å²) in [6.45, 7) is 27.6. The average Bonchev–Trinajstić information content (AvgIpc) is 3.92. The van der Waals surface area contributed by atoms with Crippen molar-refractivity contribution >= 4 is 96.1 Å². The van der Waals surface area contributed by atoms with Gasteiger partial charge in [-0.1, -0.05) is 178 Å². The fourth-order valence-electron chi connectivity index (χ4n) is 13.0. The molecule has 0 spiro atoms. The number of anilines is 9. The number of hydrogen-bond acceptors (Lipinski definition) is 3. The zero-order valence-electron chi connectivity index (χ0n) is 48.6. The van der Waals surface area contributed by atoms with Crippen molar-refractivity contribution in [1.29, 1.82) is 0 Å². The normalized spacial score (nSPS) is 13.2. The number of nitrogens with zero attached hydrogens (tertiary/aromatic N) is 4. The number of para-hydroxylation sites is 2. The molecular formula is C75H71BN4. The van der Waals surface area contributed by atoms with Gasteiger partial charge in [-0.15, -0.1) is 0 Å². The molecule has 0 aliphatic carbocycles. The summed E-state index contributed by atoms with van der Waals surface area (Å²) < 4.78 is 2.43. The van der Waals surface area contributed by atoms with E-state index in [0.717, 1.165) is 28.4 Å². The van der Waals surface area contributed by atoms with Crippen LogP contribution in [0.5, 0.6) is 0 Å². The SMILES string of the molecule is Cc1cc2c3c(c1)N(c1cc(C)c(-c4ccccc4)c(C)c1)c1cc(C(C)(C)C)ccc1B3c1ccc(N(c3ccc(C(C)(C)C)cc3)c3ccc4c5ccccc5n(-c5ccccc5)c4c3)cc1N2c1ccc(C(C)(C)C)cc1. The van der Waals surface area contributed by atoms with Crippen LogP contribution in [0.4, 0.5) is 51.2 Å². The maximum Gasteiger partial charge on any atom is 0.252 e. The molecule has 0 saturated carbocycles. The third kappa shape index (κ3) is 8.52. The van der Waals surface area contributed by atoms with Gasteiger partial charge >= 0.3 is 0 Å². The maximum atomic E-state index is 2.59. The maximum absolute atomic E-state index is 2.59. The number of aromatic nitrogens is 1. The van der Waals surface area contributed by atoms with Crippen LogP contribution in [-0.4, -0.2) is 11.3 Å². The third-order valence-corrected chi connectivity index (χ3v) is 17.1. The highest BCUT2D eigenvalue weighted by molar-refractivity contribution is 7.00. The van der Waals surface area contributed by atoms with Crippen molar-refractivity contribution < 1.29 is 0 Å². The molecule has 0 unspecified atom stereocenters. The molecule has 11 aromatic rings. The first-order valence-electron chi connectivity index (χ1n) is 28.6. The number of rotatable bonds is 7. The van der Waals surface area contributed by atoms with Crippen LogP contribution in [0.25, 0.3) is 38.6 Å². The molecule has 2 aliphatic heterocycles. The second-order valence-electron chi connectivity index (χ2n) is 25.7. The predicted octanol–water partition coefficient (Wildman–Crippen LogP) is 18.8. The van der Waals surface area contributed by atoms with Gasteiger partial charge in [0.15, 0.2) is 0 Å². The molecule has 0 saturated heterocycles. The smallest absolute Gasteiger partial charge is 0.252 e. The second kappa shape index (κ2) is 18.8. The first kappa shape index (κ1) is 50.9. The minimum atomic E-state index is -0.0653. The monoisotopic (exact) mass is 1040 g/mol. The van der Waals surface area contributed by atoms with Crippen molar-refractivity contribution in [2.75, 3.05) is 14.7 Å². The van der Waals surface area contributed by atoms with Gasteiger partial charge in [-0.3, -0.25) is 0 Å². The highest BCUT2D eigenvalue weighted by Gasteiger charge is 2.44. The van der Waals surface area contributed by atoms with E-state index in [4.69, 9.17) is 0 Å². The fraction of sp³-hybridized carbons (Fsp3) is 0.200. The van der Waals surface area contributed by atoms with Crippen LogP contribution in [0.1, 0.15) is 95.7 Å². The van der Waals surface area contributed by atoms with Crippen LogP contribution < -0.4 is 31.1 Å². The summed E-state index contributed by atoms with van der Waals surface area (Å²) in [4.78, 5) is 7.65. The quantitative estimate of drug-likeness (QED) is 0.148. The summed E-state index contributed by atoms with van der Waals surface area (Å²) in [6.07, 6.45) is 0. The van der Waals surface area contributed by atoms with Gasteiger partial charge in [-0.25, -0.2) is 0 Å². The molecular weight excluding hydrogens is 968 g/mol. The fourth-order valence-corrected chi connectivity index (χ4v) is 13.0. The van der Waals surface area contributed by atoms with E-state index < -0.39 is 0 Å². The predicted molar refractivity (Wildman–Crippen MR) is 345 cm³/mol. The largest absolute Gasteiger partial charge is 0.311 e. The average molecular weight is 1040 g/mol. The Bertz CT molecular complexity index is 4180. The van der Waals surface area contributed by atoms with Gasteiger partial charge in [0.05, 0.1) is 11.0 Å². The van der Waals surface area contributed by atoms with Crippen LogP contribution in [0, 0.1) is 20.8 Å². The number of hydrogen-bond donors (Lipinski definition) is 0. The van der Waals surface area contributed by atoms with Crippen molar-refractivity contribution in [1.82, 2.24) is 4.57 Å². The van der Waals surface area contributed by atoms with Crippen molar-refractivity contribution in [3.05, 3.63) is 246 Å². The Balaban J connectivity index is 1.07. The third-order valence-electron chi connectivity index (χ3n) is 17.1. The Morgan fingerprint density at radius 2 is 0.850 bits per heavy atom. The molecule has 0 radical (unpaired) electrons. The van der Waals surface area contributed by atoms with Crippen molar-refractivity contribution in [2.45, 2.75) is 99.3 Å². The molecule has 80 heavy (non-hydrogen) atoms. The van der Waals surface area contributed by atoms with Crippen molar-refractivity contribution in [3.8, 4) is 16.8 Å². The zero-order valence-corrected chi connectivity index (χ0v) is 48.6. The van der Waals surface area contributed by atoms with Gasteiger partial charge in [-0.05, 0) is 195 Å². The summed E-state index contributed by atoms with van der Waals surface area (Å²) in [6, 6.07) is 80.6. The Labute approximate surface area is 474 Å². The second-order valence-corrected chi connectivity index (χ2v) is 25.7. The molecule has 13 rings (SSSR count). The lowest BCUT2D eigenvalue weighted by atomic mass is 9.33. The summed E-state index contributed by atoms with van der Waals surface area (Å²) in [5.74, 6) is 0. The van der Waals surface area contributed by atoms with Crippen LogP contribution in [0.3, 0.4) is 0 Å². The van der Waals surface area contributed by atoms with Crippen molar-refractivity contribution in [2.24, 2.45) is 0 Å². The van der Waals surface area contributed by atoms with Gasteiger partial charge in [0.2, 0.25) is 0 Å². The van der Waals surface area contributed by atoms with Gasteiger partial charge < -0.3 is 19.3 Å². The Morgan fingerprint density at radius 1 is 0.362 bits per heavy atom. The Kier molecular flexibility index (Phi) is 12.0. The van der Waals surface area contributed by atoms with Crippen LogP contribution in [0.15, 0.2) is 212 Å². The molecule has 0 fully saturated rings. The van der Waals surface area contributed by atoms with E-state index in [-0.39, 0.29) is 23.0 Å². The number of benzene rings is 10. The first-order chi connectivity index (χ1) is 38.3. The van der Waals surface area contributed by atoms with Gasteiger partial charge in [-0.2, -0.15) is 0 Å². The number of aryl methyl sites for hydroxylation is 3. The Morgan fingerprint density at radius 3 is 1.48 bits per heavy atom. The molecule has 1 aromatic heterocycles. The van der Waals surface area contributed by atoms with Gasteiger partial charge in [0.25, 0.3) is 6.71 Å². The molecule has 4 nitrogen and oxygen atoms in total. The molecule has 2 aliphatic rings. The molecule has 10 aromatic carbocycles.